The van der Waals surface area contributed by atoms with E-state index in [9.17, 15) is 14.4 Å². The van der Waals surface area contributed by atoms with Crippen LogP contribution in [0.4, 0.5) is 0 Å². The Labute approximate surface area is 500 Å². The standard InChI is InChI=1S/C75H124O6/c1-4-7-10-13-16-19-22-25-28-31-33-34-35-36-37-38-39-40-42-44-47-50-53-56-59-62-65-68-74(77)80-71-72(70-79-73(76)67-64-61-58-55-52-49-46-43-30-27-24-21-18-15-12-9-6-3)81-75(78)69-66-63-60-57-54-51-48-45-41-32-29-26-23-20-17-14-11-8-5-2/h7-8,10-11,16-21,25-30,33-34,41,45,51,54,72H,4-6,9,12-15,22-24,31-32,35-40,42-44,46-50,52-53,55-71H2,1-3H3/b10-7-,11-8-,19-16-,20-17-,21-18-,28-25-,29-26-,30-27-,34-33-,45-41-,54-51-. The van der Waals surface area contributed by atoms with E-state index >= 15 is 0 Å². The third-order valence-electron chi connectivity index (χ3n) is 14.1. The second-order valence-electron chi connectivity index (χ2n) is 22.0. The first-order valence-electron chi connectivity index (χ1n) is 33.7. The van der Waals surface area contributed by atoms with E-state index in [1.807, 2.05) is 0 Å². The summed E-state index contributed by atoms with van der Waals surface area (Å²) in [6.07, 6.45) is 96.0. The van der Waals surface area contributed by atoms with Crippen molar-refractivity contribution in [1.82, 2.24) is 0 Å². The molecule has 0 N–H and O–H groups in total. The number of carbonyl (C=O) groups excluding carboxylic acids is 3. The van der Waals surface area contributed by atoms with Gasteiger partial charge in [-0.1, -0.05) is 283 Å². The summed E-state index contributed by atoms with van der Waals surface area (Å²) >= 11 is 0. The van der Waals surface area contributed by atoms with E-state index in [2.05, 4.69) is 154 Å². The monoisotopic (exact) mass is 1120 g/mol. The maximum Gasteiger partial charge on any atom is 0.306 e. The zero-order chi connectivity index (χ0) is 58.5. The zero-order valence-corrected chi connectivity index (χ0v) is 52.8. The number of ether oxygens (including phenoxy) is 3. The van der Waals surface area contributed by atoms with Crippen LogP contribution in [0.25, 0.3) is 0 Å². The van der Waals surface area contributed by atoms with Gasteiger partial charge >= 0.3 is 17.9 Å². The first-order chi connectivity index (χ1) is 40.0. The van der Waals surface area contributed by atoms with Gasteiger partial charge in [-0.2, -0.15) is 0 Å². The molecule has 0 rings (SSSR count). The fraction of sp³-hybridized carbons (Fsp3) is 0.667. The number of carbonyl (C=O) groups is 3. The van der Waals surface area contributed by atoms with Gasteiger partial charge in [0.05, 0.1) is 0 Å². The summed E-state index contributed by atoms with van der Waals surface area (Å²) in [6, 6.07) is 0. The third kappa shape index (κ3) is 66.2. The molecule has 0 aliphatic rings. The highest BCUT2D eigenvalue weighted by molar-refractivity contribution is 5.71. The molecule has 1 atom stereocenters. The predicted molar refractivity (Wildman–Crippen MR) is 353 cm³/mol. The lowest BCUT2D eigenvalue weighted by Crippen LogP contribution is -2.30. The summed E-state index contributed by atoms with van der Waals surface area (Å²) in [6.45, 7) is 6.37. The molecule has 460 valence electrons. The van der Waals surface area contributed by atoms with Crippen molar-refractivity contribution in [2.24, 2.45) is 0 Å². The van der Waals surface area contributed by atoms with E-state index in [1.165, 1.54) is 128 Å². The van der Waals surface area contributed by atoms with Crippen LogP contribution < -0.4 is 0 Å². The Balaban J connectivity index is 4.39. The van der Waals surface area contributed by atoms with Crippen molar-refractivity contribution in [2.45, 2.75) is 309 Å². The summed E-state index contributed by atoms with van der Waals surface area (Å²) in [5.41, 5.74) is 0. The molecule has 81 heavy (non-hydrogen) atoms. The number of allylic oxidation sites excluding steroid dienone is 22. The fourth-order valence-electron chi connectivity index (χ4n) is 9.14. The molecule has 0 saturated heterocycles. The SMILES string of the molecule is CC/C=C\C/C=C\C/C=C\C/C=C\C/C=C\CCCCCC(=O)OC(COC(=O)CCCCCCCCC/C=C\C/C=C\CCCCC)COC(=O)CCCCCCCCCCCCCCCC/C=C\C/C=C\C/C=C\C/C=C\CC. The second kappa shape index (κ2) is 68.1. The topological polar surface area (TPSA) is 78.9 Å². The molecule has 0 aliphatic carbocycles. The highest BCUT2D eigenvalue weighted by Gasteiger charge is 2.19. The van der Waals surface area contributed by atoms with Crippen LogP contribution in [0.2, 0.25) is 0 Å². The number of rotatable bonds is 60. The van der Waals surface area contributed by atoms with Crippen molar-refractivity contribution in [3.8, 4) is 0 Å². The van der Waals surface area contributed by atoms with Gasteiger partial charge in [0, 0.05) is 19.3 Å². The first kappa shape index (κ1) is 76.5. The van der Waals surface area contributed by atoms with E-state index in [4.69, 9.17) is 14.2 Å². The minimum atomic E-state index is -0.805. The Bertz CT molecular complexity index is 1720. The summed E-state index contributed by atoms with van der Waals surface area (Å²) in [5, 5.41) is 0. The molecule has 0 heterocycles. The molecule has 1 unspecified atom stereocenters. The van der Waals surface area contributed by atoms with Gasteiger partial charge in [0.15, 0.2) is 6.10 Å². The minimum Gasteiger partial charge on any atom is -0.462 e. The normalized spacial score (nSPS) is 13.0. The van der Waals surface area contributed by atoms with Crippen molar-refractivity contribution in [3.05, 3.63) is 134 Å². The molecule has 0 aromatic carbocycles. The van der Waals surface area contributed by atoms with Gasteiger partial charge in [-0.15, -0.1) is 0 Å². The average molecular weight is 1120 g/mol. The smallest absolute Gasteiger partial charge is 0.306 e. The molecule has 0 fully saturated rings. The van der Waals surface area contributed by atoms with Crippen molar-refractivity contribution < 1.29 is 28.6 Å². The summed E-state index contributed by atoms with van der Waals surface area (Å²) in [4.78, 5) is 38.4. The van der Waals surface area contributed by atoms with Crippen molar-refractivity contribution >= 4 is 17.9 Å². The van der Waals surface area contributed by atoms with Gasteiger partial charge in [0.25, 0.3) is 0 Å². The van der Waals surface area contributed by atoms with Gasteiger partial charge in [0.1, 0.15) is 13.2 Å². The van der Waals surface area contributed by atoms with Gasteiger partial charge in [-0.25, -0.2) is 0 Å². The number of esters is 3. The van der Waals surface area contributed by atoms with E-state index in [0.717, 1.165) is 135 Å². The van der Waals surface area contributed by atoms with Crippen LogP contribution in [-0.4, -0.2) is 37.2 Å². The van der Waals surface area contributed by atoms with Crippen LogP contribution in [0, 0.1) is 0 Å². The number of hydrogen-bond acceptors (Lipinski definition) is 6. The molecule has 0 aromatic rings. The average Bonchev–Trinajstić information content (AvgIpc) is 3.47. The van der Waals surface area contributed by atoms with E-state index in [-0.39, 0.29) is 37.5 Å². The number of hydrogen-bond donors (Lipinski definition) is 0. The van der Waals surface area contributed by atoms with Crippen LogP contribution in [0.5, 0.6) is 0 Å². The highest BCUT2D eigenvalue weighted by atomic mass is 16.6. The molecule has 0 radical (unpaired) electrons. The van der Waals surface area contributed by atoms with E-state index < -0.39 is 6.10 Å². The maximum atomic E-state index is 12.9. The van der Waals surface area contributed by atoms with Gasteiger partial charge < -0.3 is 14.2 Å². The fourth-order valence-corrected chi connectivity index (χ4v) is 9.14. The lowest BCUT2D eigenvalue weighted by molar-refractivity contribution is -0.167. The summed E-state index contributed by atoms with van der Waals surface area (Å²) in [5.74, 6) is -0.931. The molecular formula is C75H124O6. The van der Waals surface area contributed by atoms with Gasteiger partial charge in [0.2, 0.25) is 0 Å². The van der Waals surface area contributed by atoms with E-state index in [1.54, 1.807) is 0 Å². The van der Waals surface area contributed by atoms with Crippen molar-refractivity contribution in [1.29, 1.82) is 0 Å². The Morgan fingerprint density at radius 1 is 0.259 bits per heavy atom. The second-order valence-corrected chi connectivity index (χ2v) is 22.0. The molecule has 0 amide bonds. The summed E-state index contributed by atoms with van der Waals surface area (Å²) in [7, 11) is 0. The Hall–Kier alpha value is -4.45. The Kier molecular flexibility index (Phi) is 64.3. The molecular weight excluding hydrogens is 997 g/mol. The lowest BCUT2D eigenvalue weighted by atomic mass is 10.0. The number of unbranched alkanes of at least 4 members (excludes halogenated alkanes) is 27. The van der Waals surface area contributed by atoms with Crippen LogP contribution in [-0.2, 0) is 28.6 Å². The minimum absolute atomic E-state index is 0.0967. The Morgan fingerprint density at radius 3 is 0.765 bits per heavy atom. The van der Waals surface area contributed by atoms with Crippen molar-refractivity contribution in [2.75, 3.05) is 13.2 Å². The lowest BCUT2D eigenvalue weighted by Gasteiger charge is -2.18. The van der Waals surface area contributed by atoms with Gasteiger partial charge in [-0.05, 0) is 135 Å². The molecule has 0 saturated carbocycles. The molecule has 0 spiro atoms. The maximum absolute atomic E-state index is 12.9. The Morgan fingerprint density at radius 2 is 0.481 bits per heavy atom. The quantitative estimate of drug-likeness (QED) is 0.0261. The zero-order valence-electron chi connectivity index (χ0n) is 52.8. The first-order valence-corrected chi connectivity index (χ1v) is 33.7. The highest BCUT2D eigenvalue weighted by Crippen LogP contribution is 2.16. The van der Waals surface area contributed by atoms with Gasteiger partial charge in [-0.3, -0.25) is 14.4 Å². The third-order valence-corrected chi connectivity index (χ3v) is 14.1. The van der Waals surface area contributed by atoms with Crippen LogP contribution in [0.1, 0.15) is 303 Å². The molecule has 0 bridgehead atoms. The van der Waals surface area contributed by atoms with Crippen LogP contribution in [0.15, 0.2) is 134 Å². The van der Waals surface area contributed by atoms with Crippen molar-refractivity contribution in [3.63, 3.8) is 0 Å². The predicted octanol–water partition coefficient (Wildman–Crippen LogP) is 23.3. The summed E-state index contributed by atoms with van der Waals surface area (Å²) < 4.78 is 16.9. The molecule has 0 aliphatic heterocycles. The molecule has 6 heteroatoms. The van der Waals surface area contributed by atoms with Crippen LogP contribution in [0.3, 0.4) is 0 Å². The van der Waals surface area contributed by atoms with Crippen LogP contribution >= 0.6 is 0 Å². The largest absolute Gasteiger partial charge is 0.462 e. The van der Waals surface area contributed by atoms with E-state index in [0.29, 0.717) is 12.8 Å². The molecule has 0 aromatic heterocycles. The molecule has 6 nitrogen and oxygen atoms in total.